The number of rotatable bonds is 1. The molecular weight excluding hydrogens is 284 g/mol. The second-order valence-corrected chi connectivity index (χ2v) is 8.18. The fraction of sp³-hybridized carbons (Fsp3) is 0.550. The lowest BCUT2D eigenvalue weighted by Gasteiger charge is -2.72. The second-order valence-electron chi connectivity index (χ2n) is 8.18. The van der Waals surface area contributed by atoms with Gasteiger partial charge in [-0.05, 0) is 37.4 Å². The van der Waals surface area contributed by atoms with Gasteiger partial charge in [-0.1, -0.05) is 24.3 Å². The Bertz CT molecular complexity index is 771. The van der Waals surface area contributed by atoms with E-state index in [0.717, 1.165) is 19.6 Å². The molecule has 2 saturated carbocycles. The summed E-state index contributed by atoms with van der Waals surface area (Å²) < 4.78 is 6.32. The standard InChI is InChI=1S/C20H22N2O/c1-3-19-11-22(2)16-9-20(19)13-6-4-5-7-15(13)21-18(20)17-8-14(19)12(16)10-23-17/h3-7,12,14,16-17H,1,8-11H2,2H3/t12?,14-,16?,17-,19+,20?/m1/s1. The molecule has 4 heterocycles. The molecule has 1 aromatic rings. The van der Waals surface area contributed by atoms with Gasteiger partial charge in [-0.15, -0.1) is 6.58 Å². The third kappa shape index (κ3) is 1.15. The molecule has 5 bridgehead atoms. The summed E-state index contributed by atoms with van der Waals surface area (Å²) in [5, 5.41) is 0. The number of hydrogen-bond acceptors (Lipinski definition) is 3. The minimum absolute atomic E-state index is 0.0347. The molecule has 1 aromatic carbocycles. The van der Waals surface area contributed by atoms with Gasteiger partial charge in [0.05, 0.1) is 29.5 Å². The van der Waals surface area contributed by atoms with Gasteiger partial charge in [0.15, 0.2) is 0 Å². The predicted molar refractivity (Wildman–Crippen MR) is 90.2 cm³/mol. The van der Waals surface area contributed by atoms with Crippen LogP contribution in [0.2, 0.25) is 0 Å². The maximum absolute atomic E-state index is 6.32. The molecule has 7 rings (SSSR count). The van der Waals surface area contributed by atoms with E-state index in [1.165, 1.54) is 23.4 Å². The van der Waals surface area contributed by atoms with Crippen LogP contribution in [0, 0.1) is 17.3 Å². The highest BCUT2D eigenvalue weighted by molar-refractivity contribution is 6.07. The fourth-order valence-corrected chi connectivity index (χ4v) is 6.95. The van der Waals surface area contributed by atoms with Crippen molar-refractivity contribution < 1.29 is 4.74 Å². The Labute approximate surface area is 137 Å². The number of nitrogens with zero attached hydrogens (tertiary/aromatic N) is 2. The first-order chi connectivity index (χ1) is 11.2. The lowest BCUT2D eigenvalue weighted by Crippen LogP contribution is -2.78. The number of aliphatic imine (C=N–C) groups is 1. The van der Waals surface area contributed by atoms with Crippen molar-refractivity contribution in [2.75, 3.05) is 20.2 Å². The van der Waals surface area contributed by atoms with E-state index >= 15 is 0 Å². The number of para-hydroxylation sites is 1. The third-order valence-corrected chi connectivity index (χ3v) is 7.73. The molecule has 0 amide bonds. The Morgan fingerprint density at radius 1 is 1.39 bits per heavy atom. The Balaban J connectivity index is 1.72. The van der Waals surface area contributed by atoms with Gasteiger partial charge in [-0.2, -0.15) is 0 Å². The van der Waals surface area contributed by atoms with Crippen molar-refractivity contribution in [2.24, 2.45) is 22.2 Å². The van der Waals surface area contributed by atoms with Gasteiger partial charge in [-0.25, -0.2) is 0 Å². The van der Waals surface area contributed by atoms with Crippen LogP contribution < -0.4 is 0 Å². The van der Waals surface area contributed by atoms with Gasteiger partial charge in [-0.3, -0.25) is 4.99 Å². The molecule has 3 saturated heterocycles. The summed E-state index contributed by atoms with van der Waals surface area (Å²) in [6.45, 7) is 6.37. The highest BCUT2D eigenvalue weighted by atomic mass is 16.5. The van der Waals surface area contributed by atoms with Crippen LogP contribution in [0.25, 0.3) is 0 Å². The summed E-state index contributed by atoms with van der Waals surface area (Å²) in [7, 11) is 2.29. The molecule has 0 radical (unpaired) electrons. The van der Waals surface area contributed by atoms with Crippen LogP contribution in [-0.2, 0) is 10.2 Å². The normalized spacial score (nSPS) is 48.8. The van der Waals surface area contributed by atoms with E-state index in [9.17, 15) is 0 Å². The Hall–Kier alpha value is -1.45. The molecule has 6 aliphatic rings. The zero-order valence-electron chi connectivity index (χ0n) is 13.5. The van der Waals surface area contributed by atoms with E-state index in [0.29, 0.717) is 17.9 Å². The summed E-state index contributed by atoms with van der Waals surface area (Å²) in [5.41, 5.74) is 4.07. The van der Waals surface area contributed by atoms with Crippen LogP contribution in [0.4, 0.5) is 5.69 Å². The van der Waals surface area contributed by atoms with Crippen LogP contribution >= 0.6 is 0 Å². The maximum atomic E-state index is 6.32. The maximum Gasteiger partial charge on any atom is 0.0968 e. The van der Waals surface area contributed by atoms with Crippen molar-refractivity contribution in [3.8, 4) is 0 Å². The third-order valence-electron chi connectivity index (χ3n) is 7.73. The van der Waals surface area contributed by atoms with E-state index in [1.807, 2.05) is 0 Å². The summed E-state index contributed by atoms with van der Waals surface area (Å²) in [6.07, 6.45) is 4.85. The van der Waals surface area contributed by atoms with E-state index < -0.39 is 0 Å². The van der Waals surface area contributed by atoms with Crippen LogP contribution in [0.15, 0.2) is 41.9 Å². The molecule has 118 valence electrons. The zero-order chi connectivity index (χ0) is 15.4. The lowest BCUT2D eigenvalue weighted by molar-refractivity contribution is -0.190. The number of fused-ring (bicyclic) bond motifs is 4. The quantitative estimate of drug-likeness (QED) is 0.745. The SMILES string of the molecule is C=C[C@@]12CN(C)C3CC14C(=Nc1ccccc14)[C@H]1C[C@@H]2C3CO1. The van der Waals surface area contributed by atoms with E-state index in [-0.39, 0.29) is 16.9 Å². The molecule has 6 atom stereocenters. The molecule has 2 aliphatic carbocycles. The molecule has 3 unspecified atom stereocenters. The van der Waals surface area contributed by atoms with Crippen molar-refractivity contribution in [3.63, 3.8) is 0 Å². The minimum atomic E-state index is 0.0347. The van der Waals surface area contributed by atoms with Gasteiger partial charge >= 0.3 is 0 Å². The van der Waals surface area contributed by atoms with Gasteiger partial charge in [0.25, 0.3) is 0 Å². The van der Waals surface area contributed by atoms with E-state index in [2.05, 4.69) is 48.9 Å². The number of piperidine rings is 2. The molecule has 1 spiro atoms. The second kappa shape index (κ2) is 3.79. The summed E-state index contributed by atoms with van der Waals surface area (Å²) in [6, 6.07) is 9.39. The number of hydrogen-bond donors (Lipinski definition) is 0. The highest BCUT2D eigenvalue weighted by Crippen LogP contribution is 2.70. The average molecular weight is 306 g/mol. The Morgan fingerprint density at radius 2 is 2.26 bits per heavy atom. The van der Waals surface area contributed by atoms with Crippen molar-refractivity contribution in [1.82, 2.24) is 4.90 Å². The summed E-state index contributed by atoms with van der Waals surface area (Å²) in [5.74, 6) is 1.35. The van der Waals surface area contributed by atoms with Crippen LogP contribution in [0.1, 0.15) is 18.4 Å². The van der Waals surface area contributed by atoms with Gasteiger partial charge in [0, 0.05) is 23.9 Å². The average Bonchev–Trinajstić information content (AvgIpc) is 2.90. The van der Waals surface area contributed by atoms with Crippen molar-refractivity contribution >= 4 is 11.4 Å². The van der Waals surface area contributed by atoms with Gasteiger partial charge < -0.3 is 9.64 Å². The monoisotopic (exact) mass is 306 g/mol. The van der Waals surface area contributed by atoms with Gasteiger partial charge in [0.1, 0.15) is 0 Å². The van der Waals surface area contributed by atoms with Gasteiger partial charge in [0.2, 0.25) is 0 Å². The smallest absolute Gasteiger partial charge is 0.0968 e. The fourth-order valence-electron chi connectivity index (χ4n) is 6.95. The molecule has 3 heteroatoms. The largest absolute Gasteiger partial charge is 0.372 e. The molecule has 4 aliphatic heterocycles. The summed E-state index contributed by atoms with van der Waals surface area (Å²) >= 11 is 0. The molecule has 0 aromatic heterocycles. The first-order valence-corrected chi connectivity index (χ1v) is 8.85. The first kappa shape index (κ1) is 12.9. The topological polar surface area (TPSA) is 24.8 Å². The zero-order valence-corrected chi connectivity index (χ0v) is 13.5. The van der Waals surface area contributed by atoms with Crippen LogP contribution in [-0.4, -0.2) is 43.0 Å². The minimum Gasteiger partial charge on any atom is -0.372 e. The van der Waals surface area contributed by atoms with Crippen LogP contribution in [0.5, 0.6) is 0 Å². The first-order valence-electron chi connectivity index (χ1n) is 8.85. The predicted octanol–water partition coefficient (Wildman–Crippen LogP) is 2.94. The summed E-state index contributed by atoms with van der Waals surface area (Å²) in [4.78, 5) is 7.70. The van der Waals surface area contributed by atoms with E-state index in [4.69, 9.17) is 9.73 Å². The van der Waals surface area contributed by atoms with Crippen LogP contribution in [0.3, 0.4) is 0 Å². The molecule has 3 nitrogen and oxygen atoms in total. The van der Waals surface area contributed by atoms with Crippen molar-refractivity contribution in [3.05, 3.63) is 42.5 Å². The van der Waals surface area contributed by atoms with Crippen molar-refractivity contribution in [1.29, 1.82) is 0 Å². The van der Waals surface area contributed by atoms with Crippen molar-refractivity contribution in [2.45, 2.75) is 30.4 Å². The molecule has 23 heavy (non-hydrogen) atoms. The number of benzene rings is 1. The highest BCUT2D eigenvalue weighted by Gasteiger charge is 2.74. The molecule has 5 fully saturated rings. The molecular formula is C20H22N2O. The van der Waals surface area contributed by atoms with E-state index in [1.54, 1.807) is 0 Å². The number of ether oxygens (including phenoxy) is 1. The Kier molecular flexibility index (Phi) is 2.12. The Morgan fingerprint density at radius 3 is 3.13 bits per heavy atom. The lowest BCUT2D eigenvalue weighted by atomic mass is 9.38. The molecule has 0 N–H and O–H groups in total.